The Kier molecular flexibility index (Phi) is 8.91. The summed E-state index contributed by atoms with van der Waals surface area (Å²) in [5.41, 5.74) is 1.54. The van der Waals surface area contributed by atoms with Crippen LogP contribution in [0.15, 0.2) is 11.6 Å². The molecule has 0 fully saturated rings. The van der Waals surface area contributed by atoms with Crippen molar-refractivity contribution < 1.29 is 4.74 Å². The highest BCUT2D eigenvalue weighted by Crippen LogP contribution is 1.82. The molecule has 0 aromatic heterocycles. The van der Waals surface area contributed by atoms with Gasteiger partial charge in [-0.2, -0.15) is 0 Å². The molecule has 0 spiro atoms. The molecule has 60 valence electrons. The van der Waals surface area contributed by atoms with Gasteiger partial charge >= 0.3 is 0 Å². The quantitative estimate of drug-likeness (QED) is 0.598. The van der Waals surface area contributed by atoms with E-state index in [2.05, 4.69) is 5.32 Å². The van der Waals surface area contributed by atoms with Crippen LogP contribution in [0.25, 0.3) is 0 Å². The lowest BCUT2D eigenvalue weighted by Crippen LogP contribution is -2.19. The van der Waals surface area contributed by atoms with E-state index in [1.165, 1.54) is 5.54 Å². The molecule has 0 radical (unpaired) electrons. The molecule has 0 rings (SSSR count). The highest BCUT2D eigenvalue weighted by atomic mass is 35.5. The van der Waals surface area contributed by atoms with Gasteiger partial charge in [-0.25, -0.2) is 0 Å². The van der Waals surface area contributed by atoms with Crippen LogP contribution in [0.3, 0.4) is 0 Å². The molecular formula is C7H14ClNO. The molecule has 0 unspecified atom stereocenters. The van der Waals surface area contributed by atoms with Gasteiger partial charge in [-0.05, 0) is 13.0 Å². The van der Waals surface area contributed by atoms with Crippen molar-refractivity contribution in [3.63, 3.8) is 0 Å². The van der Waals surface area contributed by atoms with Gasteiger partial charge in [-0.1, -0.05) is 17.7 Å². The van der Waals surface area contributed by atoms with Gasteiger partial charge in [0.05, 0.1) is 6.61 Å². The molecule has 0 aliphatic heterocycles. The minimum atomic E-state index is 0.768. The van der Waals surface area contributed by atoms with Crippen LogP contribution in [0.4, 0.5) is 0 Å². The Labute approximate surface area is 67.2 Å². The van der Waals surface area contributed by atoms with Crippen molar-refractivity contribution in [1.82, 2.24) is 5.32 Å². The molecular weight excluding hydrogens is 150 g/mol. The zero-order valence-corrected chi connectivity index (χ0v) is 7.03. The third-order valence-corrected chi connectivity index (χ3v) is 1.24. The van der Waals surface area contributed by atoms with Gasteiger partial charge in [0.2, 0.25) is 0 Å². The van der Waals surface area contributed by atoms with Crippen molar-refractivity contribution in [3.05, 3.63) is 11.6 Å². The lowest BCUT2D eigenvalue weighted by Gasteiger charge is -1.99. The van der Waals surface area contributed by atoms with E-state index in [0.29, 0.717) is 0 Å². The molecule has 0 bridgehead atoms. The van der Waals surface area contributed by atoms with E-state index in [4.69, 9.17) is 16.3 Å². The van der Waals surface area contributed by atoms with Crippen LogP contribution in [-0.4, -0.2) is 26.8 Å². The number of hydrogen-bond donors (Lipinski definition) is 1. The van der Waals surface area contributed by atoms with Crippen LogP contribution in [0.5, 0.6) is 0 Å². The standard InChI is InChI=1S/C7H14ClNO/c1-10-7-6-9-5-3-2-4-8/h2,4,9H,3,5-7H2,1H3/b4-2+. The van der Waals surface area contributed by atoms with Crippen LogP contribution in [0.2, 0.25) is 0 Å². The molecule has 1 N–H and O–H groups in total. The Hall–Kier alpha value is -0.0500. The summed E-state index contributed by atoms with van der Waals surface area (Å²) in [5, 5.41) is 3.19. The normalized spacial score (nSPS) is 11.0. The lowest BCUT2D eigenvalue weighted by atomic mass is 10.4. The molecule has 0 aliphatic carbocycles. The summed E-state index contributed by atoms with van der Waals surface area (Å²) in [6, 6.07) is 0. The van der Waals surface area contributed by atoms with Gasteiger partial charge in [0.1, 0.15) is 0 Å². The number of rotatable bonds is 6. The first-order chi connectivity index (χ1) is 4.91. The minimum absolute atomic E-state index is 0.768. The van der Waals surface area contributed by atoms with Gasteiger partial charge < -0.3 is 10.1 Å². The van der Waals surface area contributed by atoms with Gasteiger partial charge in [-0.15, -0.1) is 0 Å². The zero-order valence-electron chi connectivity index (χ0n) is 6.27. The van der Waals surface area contributed by atoms with E-state index < -0.39 is 0 Å². The van der Waals surface area contributed by atoms with E-state index in [0.717, 1.165) is 26.1 Å². The molecule has 0 atom stereocenters. The minimum Gasteiger partial charge on any atom is -0.383 e. The fraction of sp³-hybridized carbons (Fsp3) is 0.714. The Morgan fingerprint density at radius 1 is 1.50 bits per heavy atom. The summed E-state index contributed by atoms with van der Waals surface area (Å²) in [5.74, 6) is 0. The zero-order chi connectivity index (χ0) is 7.66. The van der Waals surface area contributed by atoms with Gasteiger partial charge in [0.15, 0.2) is 0 Å². The monoisotopic (exact) mass is 163 g/mol. The maximum Gasteiger partial charge on any atom is 0.0587 e. The van der Waals surface area contributed by atoms with Gasteiger partial charge in [0.25, 0.3) is 0 Å². The van der Waals surface area contributed by atoms with Crippen LogP contribution in [-0.2, 0) is 4.74 Å². The topological polar surface area (TPSA) is 21.3 Å². The molecule has 0 aliphatic rings. The van der Waals surface area contributed by atoms with Crippen LogP contribution >= 0.6 is 11.6 Å². The van der Waals surface area contributed by atoms with Crippen molar-refractivity contribution in [3.8, 4) is 0 Å². The Bertz CT molecular complexity index is 85.7. The van der Waals surface area contributed by atoms with Gasteiger partial charge in [-0.3, -0.25) is 0 Å². The van der Waals surface area contributed by atoms with E-state index in [1.807, 2.05) is 6.08 Å². The van der Waals surface area contributed by atoms with E-state index in [9.17, 15) is 0 Å². The molecule has 0 saturated carbocycles. The largest absolute Gasteiger partial charge is 0.383 e. The maximum absolute atomic E-state index is 5.31. The molecule has 3 heteroatoms. The van der Waals surface area contributed by atoms with Crippen molar-refractivity contribution in [2.24, 2.45) is 0 Å². The number of hydrogen-bond acceptors (Lipinski definition) is 2. The Morgan fingerprint density at radius 2 is 2.30 bits per heavy atom. The summed E-state index contributed by atoms with van der Waals surface area (Å²) >= 11 is 5.31. The second-order valence-electron chi connectivity index (χ2n) is 1.89. The molecule has 0 amide bonds. The van der Waals surface area contributed by atoms with Crippen molar-refractivity contribution in [2.75, 3.05) is 26.8 Å². The molecule has 2 nitrogen and oxygen atoms in total. The van der Waals surface area contributed by atoms with Crippen molar-refractivity contribution in [1.29, 1.82) is 0 Å². The average Bonchev–Trinajstić information content (AvgIpc) is 1.97. The predicted molar refractivity (Wildman–Crippen MR) is 44.4 cm³/mol. The summed E-state index contributed by atoms with van der Waals surface area (Å²) in [4.78, 5) is 0. The fourth-order valence-corrected chi connectivity index (χ4v) is 0.674. The molecule has 0 heterocycles. The lowest BCUT2D eigenvalue weighted by molar-refractivity contribution is 0.199. The summed E-state index contributed by atoms with van der Waals surface area (Å²) in [6.45, 7) is 2.64. The Morgan fingerprint density at radius 3 is 2.90 bits per heavy atom. The van der Waals surface area contributed by atoms with Crippen LogP contribution in [0.1, 0.15) is 6.42 Å². The predicted octanol–water partition coefficient (Wildman–Crippen LogP) is 1.36. The smallest absolute Gasteiger partial charge is 0.0587 e. The highest BCUT2D eigenvalue weighted by Gasteiger charge is 1.82. The average molecular weight is 164 g/mol. The first-order valence-electron chi connectivity index (χ1n) is 3.36. The maximum atomic E-state index is 5.31. The third kappa shape index (κ3) is 7.95. The van der Waals surface area contributed by atoms with Crippen molar-refractivity contribution in [2.45, 2.75) is 6.42 Å². The first-order valence-corrected chi connectivity index (χ1v) is 3.80. The number of ether oxygens (including phenoxy) is 1. The first kappa shape index (κ1) is 9.95. The second kappa shape index (κ2) is 8.95. The van der Waals surface area contributed by atoms with Crippen LogP contribution < -0.4 is 5.32 Å². The number of methoxy groups -OCH3 is 1. The number of halogens is 1. The second-order valence-corrected chi connectivity index (χ2v) is 2.15. The SMILES string of the molecule is COCCNCC/C=C/Cl. The molecule has 0 aromatic carbocycles. The summed E-state index contributed by atoms with van der Waals surface area (Å²) in [6.07, 6.45) is 2.90. The summed E-state index contributed by atoms with van der Waals surface area (Å²) in [7, 11) is 1.69. The number of nitrogens with one attached hydrogen (secondary N) is 1. The van der Waals surface area contributed by atoms with E-state index >= 15 is 0 Å². The van der Waals surface area contributed by atoms with E-state index in [-0.39, 0.29) is 0 Å². The highest BCUT2D eigenvalue weighted by molar-refractivity contribution is 6.25. The molecule has 0 saturated heterocycles. The van der Waals surface area contributed by atoms with Crippen molar-refractivity contribution >= 4 is 11.6 Å². The van der Waals surface area contributed by atoms with Crippen LogP contribution in [0, 0.1) is 0 Å². The van der Waals surface area contributed by atoms with E-state index in [1.54, 1.807) is 7.11 Å². The molecule has 10 heavy (non-hydrogen) atoms. The Balaban J connectivity index is 2.77. The fourth-order valence-electron chi connectivity index (χ4n) is 0.548. The summed E-state index contributed by atoms with van der Waals surface area (Å²) < 4.78 is 4.84. The third-order valence-electron chi connectivity index (χ3n) is 1.06. The molecule has 0 aromatic rings. The van der Waals surface area contributed by atoms with Gasteiger partial charge in [0, 0.05) is 19.2 Å².